The fourth-order valence-electron chi connectivity index (χ4n) is 1.73. The van der Waals surface area contributed by atoms with Gasteiger partial charge in [0.25, 0.3) is 0 Å². The monoisotopic (exact) mass is 278 g/mol. The topological polar surface area (TPSA) is 62.2 Å². The number of hydrogen-bond acceptors (Lipinski definition) is 3. The SMILES string of the molecule is O=C(O)c1cc(F)c(NCCc2ccccn2)c(F)c1. The fraction of sp³-hybridized carbons (Fsp3) is 0.143. The van der Waals surface area contributed by atoms with E-state index < -0.39 is 23.2 Å². The lowest BCUT2D eigenvalue weighted by Gasteiger charge is -2.09. The van der Waals surface area contributed by atoms with Crippen LogP contribution in [0.15, 0.2) is 36.5 Å². The van der Waals surface area contributed by atoms with Crippen molar-refractivity contribution in [1.82, 2.24) is 4.98 Å². The molecule has 0 aliphatic rings. The van der Waals surface area contributed by atoms with Crippen LogP contribution >= 0.6 is 0 Å². The molecule has 0 fully saturated rings. The van der Waals surface area contributed by atoms with Gasteiger partial charge in [0.05, 0.1) is 5.56 Å². The second-order valence-electron chi connectivity index (χ2n) is 4.12. The van der Waals surface area contributed by atoms with Gasteiger partial charge in [0, 0.05) is 24.9 Å². The van der Waals surface area contributed by atoms with Crippen LogP contribution in [-0.4, -0.2) is 22.6 Å². The van der Waals surface area contributed by atoms with Gasteiger partial charge in [-0.15, -0.1) is 0 Å². The number of nitrogens with zero attached hydrogens (tertiary/aromatic N) is 1. The van der Waals surface area contributed by atoms with Crippen molar-refractivity contribution in [3.63, 3.8) is 0 Å². The molecule has 0 aliphatic heterocycles. The molecule has 2 aromatic rings. The molecule has 1 aromatic carbocycles. The first-order valence-corrected chi connectivity index (χ1v) is 5.94. The Balaban J connectivity index is 2.05. The summed E-state index contributed by atoms with van der Waals surface area (Å²) in [7, 11) is 0. The molecule has 0 saturated carbocycles. The van der Waals surface area contributed by atoms with Gasteiger partial charge < -0.3 is 10.4 Å². The molecule has 104 valence electrons. The second kappa shape index (κ2) is 6.10. The molecule has 0 saturated heterocycles. The highest BCUT2D eigenvalue weighted by Crippen LogP contribution is 2.20. The van der Waals surface area contributed by atoms with Gasteiger partial charge in [-0.05, 0) is 24.3 Å². The summed E-state index contributed by atoms with van der Waals surface area (Å²) >= 11 is 0. The van der Waals surface area contributed by atoms with E-state index in [9.17, 15) is 13.6 Å². The zero-order chi connectivity index (χ0) is 14.5. The molecule has 0 bridgehead atoms. The smallest absolute Gasteiger partial charge is 0.335 e. The minimum Gasteiger partial charge on any atom is -0.478 e. The predicted octanol–water partition coefficient (Wildman–Crippen LogP) is 2.71. The molecule has 1 aromatic heterocycles. The number of carboxylic acids is 1. The molecule has 2 N–H and O–H groups in total. The van der Waals surface area contributed by atoms with Crippen LogP contribution in [0.5, 0.6) is 0 Å². The van der Waals surface area contributed by atoms with Crippen LogP contribution in [-0.2, 0) is 6.42 Å². The van der Waals surface area contributed by atoms with Crippen molar-refractivity contribution in [1.29, 1.82) is 0 Å². The number of nitrogens with one attached hydrogen (secondary N) is 1. The van der Waals surface area contributed by atoms with Crippen LogP contribution in [0.1, 0.15) is 16.1 Å². The zero-order valence-electron chi connectivity index (χ0n) is 10.4. The highest BCUT2D eigenvalue weighted by molar-refractivity contribution is 5.88. The molecule has 0 atom stereocenters. The van der Waals surface area contributed by atoms with E-state index in [1.807, 2.05) is 12.1 Å². The fourth-order valence-corrected chi connectivity index (χ4v) is 1.73. The number of hydrogen-bond donors (Lipinski definition) is 2. The summed E-state index contributed by atoms with van der Waals surface area (Å²) in [5.74, 6) is -3.23. The van der Waals surface area contributed by atoms with E-state index in [-0.39, 0.29) is 12.2 Å². The Morgan fingerprint density at radius 3 is 2.50 bits per heavy atom. The first-order valence-electron chi connectivity index (χ1n) is 5.94. The van der Waals surface area contributed by atoms with Crippen molar-refractivity contribution in [2.75, 3.05) is 11.9 Å². The number of aromatic carboxylic acids is 1. The quantitative estimate of drug-likeness (QED) is 0.882. The van der Waals surface area contributed by atoms with Crippen molar-refractivity contribution in [3.8, 4) is 0 Å². The van der Waals surface area contributed by atoms with E-state index in [0.29, 0.717) is 6.42 Å². The van der Waals surface area contributed by atoms with Crippen LogP contribution < -0.4 is 5.32 Å². The normalized spacial score (nSPS) is 10.3. The Labute approximate surface area is 114 Å². The van der Waals surface area contributed by atoms with Gasteiger partial charge in [0.15, 0.2) is 0 Å². The van der Waals surface area contributed by atoms with E-state index in [4.69, 9.17) is 5.11 Å². The number of carboxylic acid groups (broad SMARTS) is 1. The molecule has 6 heteroatoms. The van der Waals surface area contributed by atoms with E-state index in [1.165, 1.54) is 0 Å². The summed E-state index contributed by atoms with van der Waals surface area (Å²) < 4.78 is 27.2. The van der Waals surface area contributed by atoms with Gasteiger partial charge >= 0.3 is 5.97 Å². The third-order valence-electron chi connectivity index (χ3n) is 2.70. The number of carbonyl (C=O) groups is 1. The summed E-state index contributed by atoms with van der Waals surface area (Å²) in [4.78, 5) is 14.7. The number of halogens is 2. The summed E-state index contributed by atoms with van der Waals surface area (Å²) in [5.41, 5.74) is 0.0455. The molecule has 0 spiro atoms. The van der Waals surface area contributed by atoms with Crippen LogP contribution in [0.4, 0.5) is 14.5 Å². The van der Waals surface area contributed by atoms with Crippen LogP contribution in [0, 0.1) is 11.6 Å². The van der Waals surface area contributed by atoms with Gasteiger partial charge in [0.1, 0.15) is 17.3 Å². The van der Waals surface area contributed by atoms with E-state index in [1.54, 1.807) is 12.3 Å². The van der Waals surface area contributed by atoms with Crippen LogP contribution in [0.3, 0.4) is 0 Å². The van der Waals surface area contributed by atoms with E-state index in [2.05, 4.69) is 10.3 Å². The number of aromatic nitrogens is 1. The van der Waals surface area contributed by atoms with E-state index in [0.717, 1.165) is 17.8 Å². The number of anilines is 1. The lowest BCUT2D eigenvalue weighted by Crippen LogP contribution is -2.10. The Hall–Kier alpha value is -2.50. The highest BCUT2D eigenvalue weighted by atomic mass is 19.1. The maximum atomic E-state index is 13.6. The minimum absolute atomic E-state index is 0.289. The molecule has 0 unspecified atom stereocenters. The number of pyridine rings is 1. The molecular formula is C14H12F2N2O2. The Kier molecular flexibility index (Phi) is 4.24. The lowest BCUT2D eigenvalue weighted by atomic mass is 10.2. The van der Waals surface area contributed by atoms with Crippen LogP contribution in [0.25, 0.3) is 0 Å². The van der Waals surface area contributed by atoms with Gasteiger partial charge in [0.2, 0.25) is 0 Å². The molecule has 0 radical (unpaired) electrons. The summed E-state index contributed by atoms with van der Waals surface area (Å²) in [6.45, 7) is 0.289. The summed E-state index contributed by atoms with van der Waals surface area (Å²) in [6.07, 6.45) is 2.14. The Morgan fingerprint density at radius 2 is 1.95 bits per heavy atom. The third kappa shape index (κ3) is 3.28. The first-order chi connectivity index (χ1) is 9.58. The summed E-state index contributed by atoms with van der Waals surface area (Å²) in [5, 5.41) is 11.3. The number of benzene rings is 1. The average molecular weight is 278 g/mol. The third-order valence-corrected chi connectivity index (χ3v) is 2.70. The van der Waals surface area contributed by atoms with Crippen molar-refractivity contribution < 1.29 is 18.7 Å². The molecule has 2 rings (SSSR count). The first kappa shape index (κ1) is 13.9. The minimum atomic E-state index is -1.37. The largest absolute Gasteiger partial charge is 0.478 e. The van der Waals surface area contributed by atoms with E-state index >= 15 is 0 Å². The molecule has 20 heavy (non-hydrogen) atoms. The molecule has 1 heterocycles. The second-order valence-corrected chi connectivity index (χ2v) is 4.12. The Bertz CT molecular complexity index is 595. The number of rotatable bonds is 5. The maximum absolute atomic E-state index is 13.6. The van der Waals surface area contributed by atoms with Crippen molar-refractivity contribution in [2.45, 2.75) is 6.42 Å². The van der Waals surface area contributed by atoms with Crippen molar-refractivity contribution >= 4 is 11.7 Å². The predicted molar refractivity (Wildman–Crippen MR) is 69.7 cm³/mol. The Morgan fingerprint density at radius 1 is 1.25 bits per heavy atom. The molecule has 0 aliphatic carbocycles. The van der Waals surface area contributed by atoms with Gasteiger partial charge in [-0.2, -0.15) is 0 Å². The van der Waals surface area contributed by atoms with Gasteiger partial charge in [-0.3, -0.25) is 4.98 Å². The average Bonchev–Trinajstić information content (AvgIpc) is 2.42. The zero-order valence-corrected chi connectivity index (χ0v) is 10.4. The lowest BCUT2D eigenvalue weighted by molar-refractivity contribution is 0.0696. The molecule has 4 nitrogen and oxygen atoms in total. The highest BCUT2D eigenvalue weighted by Gasteiger charge is 2.14. The van der Waals surface area contributed by atoms with Crippen molar-refractivity contribution in [2.24, 2.45) is 0 Å². The van der Waals surface area contributed by atoms with Gasteiger partial charge in [-0.25, -0.2) is 13.6 Å². The van der Waals surface area contributed by atoms with Gasteiger partial charge in [-0.1, -0.05) is 6.07 Å². The van der Waals surface area contributed by atoms with Crippen molar-refractivity contribution in [3.05, 3.63) is 59.4 Å². The molecule has 0 amide bonds. The maximum Gasteiger partial charge on any atom is 0.335 e. The van der Waals surface area contributed by atoms with Crippen LogP contribution in [0.2, 0.25) is 0 Å². The summed E-state index contributed by atoms with van der Waals surface area (Å²) in [6, 6.07) is 6.98. The molecular weight excluding hydrogens is 266 g/mol. The standard InChI is InChI=1S/C14H12F2N2O2/c15-11-7-9(14(19)20)8-12(16)13(11)18-6-4-10-3-1-2-5-17-10/h1-3,5,7-8,18H,4,6H2,(H,19,20).